The van der Waals surface area contributed by atoms with Gasteiger partial charge in [0.15, 0.2) is 5.76 Å². The van der Waals surface area contributed by atoms with Crippen molar-refractivity contribution in [2.24, 2.45) is 0 Å². The Labute approximate surface area is 189 Å². The lowest BCUT2D eigenvalue weighted by molar-refractivity contribution is -0.135. The number of carbonyl (C=O) groups excluding carboxylic acids is 1. The summed E-state index contributed by atoms with van der Waals surface area (Å²) in [5.41, 5.74) is 4.67. The van der Waals surface area contributed by atoms with Crippen LogP contribution < -0.4 is 4.90 Å². The van der Waals surface area contributed by atoms with Crippen molar-refractivity contribution in [3.63, 3.8) is 0 Å². The lowest BCUT2D eigenvalue weighted by atomic mass is 9.94. The van der Waals surface area contributed by atoms with Crippen molar-refractivity contribution in [2.75, 3.05) is 25.5 Å². The van der Waals surface area contributed by atoms with Crippen molar-refractivity contribution in [1.82, 2.24) is 20.0 Å². The molecule has 0 radical (unpaired) electrons. The van der Waals surface area contributed by atoms with Crippen LogP contribution in [0.4, 0.5) is 5.95 Å². The van der Waals surface area contributed by atoms with Crippen LogP contribution in [0, 0.1) is 13.8 Å². The number of hydrogen-bond donors (Lipinski definition) is 0. The van der Waals surface area contributed by atoms with Crippen molar-refractivity contribution < 1.29 is 9.32 Å². The predicted octanol–water partition coefficient (Wildman–Crippen LogP) is 4.50. The first-order valence-corrected chi connectivity index (χ1v) is 11.3. The number of amides is 1. The molecular weight excluding hydrogens is 402 g/mol. The summed E-state index contributed by atoms with van der Waals surface area (Å²) in [6.07, 6.45) is 5.98. The summed E-state index contributed by atoms with van der Waals surface area (Å²) < 4.78 is 5.67. The highest BCUT2D eigenvalue weighted by Gasteiger charge is 2.32. The lowest BCUT2D eigenvalue weighted by Crippen LogP contribution is -2.39. The Morgan fingerprint density at radius 3 is 2.66 bits per heavy atom. The van der Waals surface area contributed by atoms with E-state index >= 15 is 0 Å². The number of benzene rings is 1. The van der Waals surface area contributed by atoms with Crippen molar-refractivity contribution >= 4 is 11.9 Å². The number of rotatable bonds is 6. The van der Waals surface area contributed by atoms with E-state index in [1.165, 1.54) is 5.56 Å². The first-order chi connectivity index (χ1) is 15.5. The molecular formula is C25H31N5O2. The minimum atomic E-state index is -0.103. The normalized spacial score (nSPS) is 16.2. The molecule has 0 aliphatic carbocycles. The number of hydrogen-bond acceptors (Lipinski definition) is 6. The minimum Gasteiger partial charge on any atom is -0.356 e. The number of anilines is 1. The highest BCUT2D eigenvalue weighted by molar-refractivity contribution is 5.78. The van der Waals surface area contributed by atoms with Crippen LogP contribution in [0.15, 0.2) is 41.1 Å². The van der Waals surface area contributed by atoms with E-state index in [9.17, 15) is 4.79 Å². The smallest absolute Gasteiger partial charge is 0.225 e. The monoisotopic (exact) mass is 433 g/mol. The number of aromatic nitrogens is 3. The van der Waals surface area contributed by atoms with Crippen LogP contribution in [0.5, 0.6) is 0 Å². The maximum absolute atomic E-state index is 13.3. The average molecular weight is 434 g/mol. The van der Waals surface area contributed by atoms with E-state index in [0.29, 0.717) is 18.1 Å². The number of nitrogens with zero attached hydrogens (tertiary/aromatic N) is 5. The van der Waals surface area contributed by atoms with E-state index in [-0.39, 0.29) is 11.9 Å². The van der Waals surface area contributed by atoms with E-state index in [2.05, 4.69) is 22.3 Å². The van der Waals surface area contributed by atoms with Crippen LogP contribution in [-0.2, 0) is 11.2 Å². The summed E-state index contributed by atoms with van der Waals surface area (Å²) in [6.45, 7) is 4.67. The van der Waals surface area contributed by atoms with Crippen LogP contribution in [0.2, 0.25) is 0 Å². The molecule has 32 heavy (non-hydrogen) atoms. The Bertz CT molecular complexity index is 1080. The number of likely N-dealkylation sites (tertiary alicyclic amines) is 1. The van der Waals surface area contributed by atoms with E-state index < -0.39 is 0 Å². The zero-order valence-corrected chi connectivity index (χ0v) is 19.3. The highest BCUT2D eigenvalue weighted by atomic mass is 16.5. The van der Waals surface area contributed by atoms with Crippen LogP contribution in [0.25, 0.3) is 11.3 Å². The molecule has 4 rings (SSSR count). The number of aryl methyl sites for hydroxylation is 2. The van der Waals surface area contributed by atoms with Gasteiger partial charge in [-0.2, -0.15) is 0 Å². The van der Waals surface area contributed by atoms with Gasteiger partial charge in [0, 0.05) is 38.8 Å². The fourth-order valence-electron chi connectivity index (χ4n) is 4.25. The van der Waals surface area contributed by atoms with Gasteiger partial charge in [0.25, 0.3) is 0 Å². The third kappa shape index (κ3) is 4.52. The number of piperidine rings is 1. The van der Waals surface area contributed by atoms with Crippen LogP contribution in [-0.4, -0.2) is 46.6 Å². The molecule has 1 atom stereocenters. The molecule has 1 aliphatic heterocycles. The van der Waals surface area contributed by atoms with Gasteiger partial charge in [0.1, 0.15) is 0 Å². The first kappa shape index (κ1) is 22.0. The molecule has 168 valence electrons. The third-order valence-electron chi connectivity index (χ3n) is 6.22. The minimum absolute atomic E-state index is 0.103. The Hall–Kier alpha value is -3.22. The van der Waals surface area contributed by atoms with E-state index in [0.717, 1.165) is 54.7 Å². The fraction of sp³-hybridized carbons (Fsp3) is 0.440. The second-order valence-corrected chi connectivity index (χ2v) is 8.67. The maximum Gasteiger partial charge on any atom is 0.225 e. The molecule has 2 aromatic heterocycles. The van der Waals surface area contributed by atoms with Gasteiger partial charge in [-0.15, -0.1) is 0 Å². The standard InChI is InChI=1S/C25H31N5O2/c1-17-18(2)28-32-24(17)20-16-26-25(29(3)4)27-23(20)21-12-8-9-15-30(21)22(31)14-13-19-10-6-5-7-11-19/h5-7,10-11,16,21H,8-9,12-15H2,1-4H3. The third-order valence-corrected chi connectivity index (χ3v) is 6.22. The summed E-state index contributed by atoms with van der Waals surface area (Å²) in [7, 11) is 3.85. The van der Waals surface area contributed by atoms with E-state index in [1.54, 1.807) is 0 Å². The van der Waals surface area contributed by atoms with Gasteiger partial charge in [-0.05, 0) is 45.1 Å². The molecule has 0 bridgehead atoms. The van der Waals surface area contributed by atoms with Crippen molar-refractivity contribution in [1.29, 1.82) is 0 Å². The summed E-state index contributed by atoms with van der Waals surface area (Å²) >= 11 is 0. The maximum atomic E-state index is 13.3. The van der Waals surface area contributed by atoms with Gasteiger partial charge in [-0.25, -0.2) is 9.97 Å². The molecule has 7 heteroatoms. The van der Waals surface area contributed by atoms with Crippen molar-refractivity contribution in [3.05, 3.63) is 59.0 Å². The Morgan fingerprint density at radius 2 is 1.97 bits per heavy atom. The topological polar surface area (TPSA) is 75.4 Å². The largest absolute Gasteiger partial charge is 0.356 e. The molecule has 0 saturated carbocycles. The predicted molar refractivity (Wildman–Crippen MR) is 124 cm³/mol. The molecule has 1 aliphatic rings. The van der Waals surface area contributed by atoms with E-state index in [4.69, 9.17) is 9.51 Å². The van der Waals surface area contributed by atoms with E-state index in [1.807, 2.05) is 62.1 Å². The van der Waals surface area contributed by atoms with Crippen molar-refractivity contribution in [3.8, 4) is 11.3 Å². The summed E-state index contributed by atoms with van der Waals surface area (Å²) in [4.78, 5) is 26.7. The zero-order chi connectivity index (χ0) is 22.7. The van der Waals surface area contributed by atoms with Crippen molar-refractivity contribution in [2.45, 2.75) is 52.0 Å². The van der Waals surface area contributed by atoms with Gasteiger partial charge in [0.2, 0.25) is 11.9 Å². The van der Waals surface area contributed by atoms with Gasteiger partial charge >= 0.3 is 0 Å². The number of carbonyl (C=O) groups is 1. The zero-order valence-electron chi connectivity index (χ0n) is 19.3. The molecule has 3 heterocycles. The Morgan fingerprint density at radius 1 is 1.19 bits per heavy atom. The quantitative estimate of drug-likeness (QED) is 0.570. The second-order valence-electron chi connectivity index (χ2n) is 8.67. The molecule has 1 aromatic carbocycles. The van der Waals surface area contributed by atoms with Gasteiger partial charge in [-0.1, -0.05) is 35.5 Å². The second kappa shape index (κ2) is 9.51. The van der Waals surface area contributed by atoms with Crippen LogP contribution >= 0.6 is 0 Å². The molecule has 1 saturated heterocycles. The Kier molecular flexibility index (Phi) is 6.53. The van der Waals surface area contributed by atoms with Gasteiger partial charge in [-0.3, -0.25) is 4.79 Å². The van der Waals surface area contributed by atoms with Crippen LogP contribution in [0.3, 0.4) is 0 Å². The fourth-order valence-corrected chi connectivity index (χ4v) is 4.25. The highest BCUT2D eigenvalue weighted by Crippen LogP contribution is 2.38. The average Bonchev–Trinajstić information content (AvgIpc) is 3.15. The molecule has 1 amide bonds. The molecule has 0 N–H and O–H groups in total. The molecule has 3 aromatic rings. The van der Waals surface area contributed by atoms with Gasteiger partial charge in [0.05, 0.1) is 23.0 Å². The summed E-state index contributed by atoms with van der Waals surface area (Å²) in [5, 5.41) is 4.13. The SMILES string of the molecule is Cc1noc(-c2cnc(N(C)C)nc2C2CCCCN2C(=O)CCc2ccccc2)c1C. The molecule has 1 fully saturated rings. The molecule has 0 spiro atoms. The first-order valence-electron chi connectivity index (χ1n) is 11.3. The molecule has 1 unspecified atom stereocenters. The summed E-state index contributed by atoms with van der Waals surface area (Å²) in [5.74, 6) is 1.48. The Balaban J connectivity index is 1.68. The summed E-state index contributed by atoms with van der Waals surface area (Å²) in [6, 6.07) is 10.1. The molecule has 7 nitrogen and oxygen atoms in total. The lowest BCUT2D eigenvalue weighted by Gasteiger charge is -2.36. The van der Waals surface area contributed by atoms with Gasteiger partial charge < -0.3 is 14.3 Å². The van der Waals surface area contributed by atoms with Crippen LogP contribution in [0.1, 0.15) is 54.2 Å².